The number of nitrogens with zero attached hydrogens (tertiary/aromatic N) is 3. The first-order chi connectivity index (χ1) is 15.5. The van der Waals surface area contributed by atoms with Gasteiger partial charge in [0.1, 0.15) is 11.8 Å². The van der Waals surface area contributed by atoms with Gasteiger partial charge in [-0.15, -0.1) is 13.2 Å². The van der Waals surface area contributed by atoms with Crippen molar-refractivity contribution in [1.82, 2.24) is 14.8 Å². The summed E-state index contributed by atoms with van der Waals surface area (Å²) in [6, 6.07) is 3.32. The number of fused-ring (bicyclic) bond motifs is 1. The van der Waals surface area contributed by atoms with E-state index in [1.165, 1.54) is 0 Å². The van der Waals surface area contributed by atoms with Crippen LogP contribution in [-0.2, 0) is 16.1 Å². The maximum atomic E-state index is 12.8. The molecule has 0 aromatic carbocycles. The van der Waals surface area contributed by atoms with Crippen molar-refractivity contribution in [2.24, 2.45) is 0 Å². The zero-order valence-electron chi connectivity index (χ0n) is 19.0. The Labute approximate surface area is 191 Å². The van der Waals surface area contributed by atoms with Crippen molar-refractivity contribution in [1.29, 1.82) is 0 Å². The van der Waals surface area contributed by atoms with E-state index in [0.717, 1.165) is 49.4 Å². The van der Waals surface area contributed by atoms with Crippen LogP contribution >= 0.6 is 0 Å². The first-order valence-electron chi connectivity index (χ1n) is 11.2. The van der Waals surface area contributed by atoms with Crippen molar-refractivity contribution in [3.63, 3.8) is 0 Å². The van der Waals surface area contributed by atoms with E-state index >= 15 is 0 Å². The third-order valence-corrected chi connectivity index (χ3v) is 6.23. The average molecular weight is 436 g/mol. The molecule has 170 valence electrons. The van der Waals surface area contributed by atoms with Gasteiger partial charge in [0.25, 0.3) is 5.91 Å². The van der Waals surface area contributed by atoms with E-state index in [1.54, 1.807) is 4.90 Å². The molecule has 0 radical (unpaired) electrons. The molecule has 6 heteroatoms. The van der Waals surface area contributed by atoms with E-state index in [-0.39, 0.29) is 11.9 Å². The van der Waals surface area contributed by atoms with Gasteiger partial charge in [-0.2, -0.15) is 0 Å². The zero-order chi connectivity index (χ0) is 23.3. The van der Waals surface area contributed by atoms with Crippen LogP contribution in [0.5, 0.6) is 0 Å². The summed E-state index contributed by atoms with van der Waals surface area (Å²) in [6.45, 7) is 19.1. The van der Waals surface area contributed by atoms with Crippen LogP contribution in [0.4, 0.5) is 0 Å². The molecule has 1 atom stereocenters. The number of rotatable bonds is 5. The molecule has 4 heterocycles. The standard InChI is InChI=1S/C24H29N3O3.C2H4/c1-4-5-16(2)14-26-12-10-18(11-13-26)20-8-7-19-21(25-20)15-27(23(19)28)22-9-6-17(3)30-24(22)29;1-2/h4-5,7-8,18,22H,2-3,6,9-15H2,1H3;1-2H2/b5-4-;. The van der Waals surface area contributed by atoms with Gasteiger partial charge in [0.15, 0.2) is 0 Å². The Balaban J connectivity index is 0.00000141. The average Bonchev–Trinajstić information content (AvgIpc) is 3.11. The van der Waals surface area contributed by atoms with Gasteiger partial charge in [-0.25, -0.2) is 4.79 Å². The summed E-state index contributed by atoms with van der Waals surface area (Å²) >= 11 is 0. The number of hydrogen-bond donors (Lipinski definition) is 0. The molecule has 0 aliphatic carbocycles. The van der Waals surface area contributed by atoms with Crippen LogP contribution in [0, 0.1) is 0 Å². The minimum Gasteiger partial charge on any atom is -0.430 e. The Morgan fingerprint density at radius 3 is 2.59 bits per heavy atom. The molecule has 32 heavy (non-hydrogen) atoms. The summed E-state index contributed by atoms with van der Waals surface area (Å²) in [5.74, 6) is 0.352. The summed E-state index contributed by atoms with van der Waals surface area (Å²) in [5, 5.41) is 0. The zero-order valence-corrected chi connectivity index (χ0v) is 19.0. The molecule has 0 bridgehead atoms. The molecule has 1 amide bonds. The number of pyridine rings is 1. The smallest absolute Gasteiger partial charge is 0.333 e. The highest BCUT2D eigenvalue weighted by atomic mass is 16.5. The van der Waals surface area contributed by atoms with Gasteiger partial charge in [-0.3, -0.25) is 14.7 Å². The molecule has 6 nitrogen and oxygen atoms in total. The van der Waals surface area contributed by atoms with Crippen LogP contribution in [0.1, 0.15) is 60.3 Å². The van der Waals surface area contributed by atoms with Crippen LogP contribution in [0.15, 0.2) is 61.9 Å². The van der Waals surface area contributed by atoms with E-state index in [4.69, 9.17) is 9.72 Å². The summed E-state index contributed by atoms with van der Waals surface area (Å²) in [6.07, 6.45) is 7.33. The predicted molar refractivity (Wildman–Crippen MR) is 126 cm³/mol. The number of carbonyl (C=O) groups is 2. The van der Waals surface area contributed by atoms with Crippen molar-refractivity contribution in [2.45, 2.75) is 51.1 Å². The molecule has 2 saturated heterocycles. The summed E-state index contributed by atoms with van der Waals surface area (Å²) < 4.78 is 5.17. The van der Waals surface area contributed by atoms with Crippen LogP contribution in [0.25, 0.3) is 0 Å². The number of allylic oxidation sites excluding steroid dienone is 2. The number of ether oxygens (including phenoxy) is 1. The van der Waals surface area contributed by atoms with E-state index in [1.807, 2.05) is 25.1 Å². The molecule has 1 unspecified atom stereocenters. The van der Waals surface area contributed by atoms with Crippen molar-refractivity contribution < 1.29 is 14.3 Å². The largest absolute Gasteiger partial charge is 0.430 e. The SMILES string of the molecule is C=C.C=C(/C=C\C)CN1CCC(c2ccc3c(n2)CN(C2CCC(=C)OC2=O)C3=O)CC1. The first-order valence-corrected chi connectivity index (χ1v) is 11.2. The molecule has 2 fully saturated rings. The summed E-state index contributed by atoms with van der Waals surface area (Å²) in [4.78, 5) is 34.0. The molecular weight excluding hydrogens is 402 g/mol. The fraction of sp³-hybridized carbons (Fsp3) is 0.423. The molecule has 3 aliphatic rings. The summed E-state index contributed by atoms with van der Waals surface area (Å²) in [7, 11) is 0. The number of piperidine rings is 1. The van der Waals surface area contributed by atoms with E-state index < -0.39 is 6.04 Å². The van der Waals surface area contributed by atoms with Crippen LogP contribution in [-0.4, -0.2) is 52.3 Å². The molecule has 1 aromatic heterocycles. The fourth-order valence-corrected chi connectivity index (χ4v) is 4.62. The first kappa shape index (κ1) is 23.7. The molecule has 3 aliphatic heterocycles. The van der Waals surface area contributed by atoms with Gasteiger partial charge in [0.2, 0.25) is 0 Å². The minimum absolute atomic E-state index is 0.129. The molecule has 0 saturated carbocycles. The lowest BCUT2D eigenvalue weighted by molar-refractivity contribution is -0.148. The van der Waals surface area contributed by atoms with E-state index in [2.05, 4.69) is 37.3 Å². The number of hydrogen-bond acceptors (Lipinski definition) is 5. The van der Waals surface area contributed by atoms with Crippen molar-refractivity contribution in [2.75, 3.05) is 19.6 Å². The third kappa shape index (κ3) is 5.07. The monoisotopic (exact) mass is 435 g/mol. The molecule has 0 spiro atoms. The van der Waals surface area contributed by atoms with Gasteiger partial charge in [0, 0.05) is 24.6 Å². The number of carbonyl (C=O) groups excluding carboxylic acids is 2. The van der Waals surface area contributed by atoms with E-state index in [0.29, 0.717) is 36.6 Å². The maximum Gasteiger partial charge on any atom is 0.333 e. The lowest BCUT2D eigenvalue weighted by Crippen LogP contribution is -2.44. The predicted octanol–water partition coefficient (Wildman–Crippen LogP) is 4.37. The van der Waals surface area contributed by atoms with Crippen LogP contribution in [0.2, 0.25) is 0 Å². The number of likely N-dealkylation sites (tertiary alicyclic amines) is 1. The highest BCUT2D eigenvalue weighted by molar-refractivity contribution is 6.00. The number of esters is 1. The van der Waals surface area contributed by atoms with Crippen molar-refractivity contribution >= 4 is 11.9 Å². The second kappa shape index (κ2) is 10.6. The lowest BCUT2D eigenvalue weighted by Gasteiger charge is -2.32. The Kier molecular flexibility index (Phi) is 7.80. The lowest BCUT2D eigenvalue weighted by atomic mass is 9.92. The van der Waals surface area contributed by atoms with Gasteiger partial charge < -0.3 is 9.64 Å². The second-order valence-electron chi connectivity index (χ2n) is 8.39. The Morgan fingerprint density at radius 2 is 1.94 bits per heavy atom. The summed E-state index contributed by atoms with van der Waals surface area (Å²) in [5.41, 5.74) is 3.57. The highest BCUT2D eigenvalue weighted by Gasteiger charge is 2.40. The normalized spacial score (nSPS) is 21.8. The molecule has 0 N–H and O–H groups in total. The Hall–Kier alpha value is -2.99. The van der Waals surface area contributed by atoms with Crippen LogP contribution < -0.4 is 0 Å². The topological polar surface area (TPSA) is 62.7 Å². The van der Waals surface area contributed by atoms with Gasteiger partial charge in [0.05, 0.1) is 17.8 Å². The maximum absolute atomic E-state index is 12.8. The Bertz CT molecular complexity index is 928. The number of aromatic nitrogens is 1. The highest BCUT2D eigenvalue weighted by Crippen LogP contribution is 2.32. The Morgan fingerprint density at radius 1 is 1.22 bits per heavy atom. The van der Waals surface area contributed by atoms with Gasteiger partial charge in [-0.05, 0) is 57.0 Å². The van der Waals surface area contributed by atoms with Gasteiger partial charge >= 0.3 is 5.97 Å². The van der Waals surface area contributed by atoms with Gasteiger partial charge in [-0.1, -0.05) is 25.3 Å². The molecular formula is C26H33N3O3. The van der Waals surface area contributed by atoms with Crippen molar-refractivity contribution in [3.05, 3.63) is 78.9 Å². The number of cyclic esters (lactones) is 1. The fourth-order valence-electron chi connectivity index (χ4n) is 4.62. The third-order valence-electron chi connectivity index (χ3n) is 6.23. The quantitative estimate of drug-likeness (QED) is 0.390. The minimum atomic E-state index is -0.547. The van der Waals surface area contributed by atoms with E-state index in [9.17, 15) is 9.59 Å². The molecule has 4 rings (SSSR count). The second-order valence-corrected chi connectivity index (χ2v) is 8.39. The number of amides is 1. The van der Waals surface area contributed by atoms with Crippen molar-refractivity contribution in [3.8, 4) is 0 Å². The molecule has 1 aromatic rings. The van der Waals surface area contributed by atoms with Crippen LogP contribution in [0.3, 0.4) is 0 Å².